The van der Waals surface area contributed by atoms with Crippen molar-refractivity contribution in [1.82, 2.24) is 0 Å². The second-order valence-corrected chi connectivity index (χ2v) is 3.98. The van der Waals surface area contributed by atoms with Gasteiger partial charge in [-0.15, -0.1) is 0 Å². The van der Waals surface area contributed by atoms with Gasteiger partial charge in [0.05, 0.1) is 12.4 Å². The minimum absolute atomic E-state index is 0.199. The average Bonchev–Trinajstić information content (AvgIpc) is 2.21. The number of aliphatic hydroxyl groups is 2. The van der Waals surface area contributed by atoms with E-state index in [2.05, 4.69) is 6.58 Å². The molecule has 98 valence electrons. The lowest BCUT2D eigenvalue weighted by molar-refractivity contribution is -0.249. The van der Waals surface area contributed by atoms with Crippen molar-refractivity contribution in [1.29, 1.82) is 0 Å². The fourth-order valence-electron chi connectivity index (χ4n) is 1.68. The van der Waals surface area contributed by atoms with Gasteiger partial charge in [-0.3, -0.25) is 4.79 Å². The van der Waals surface area contributed by atoms with E-state index >= 15 is 0 Å². The molecule has 0 amide bonds. The molecule has 0 aliphatic carbocycles. The lowest BCUT2D eigenvalue weighted by Gasteiger charge is -2.37. The number of carbonyl (C=O) groups excluding carboxylic acids is 1. The zero-order valence-corrected chi connectivity index (χ0v) is 9.96. The number of aliphatic hydroxyl groups excluding tert-OH is 2. The van der Waals surface area contributed by atoms with E-state index in [1.165, 1.54) is 6.92 Å². The fourth-order valence-corrected chi connectivity index (χ4v) is 1.68. The molecule has 17 heavy (non-hydrogen) atoms. The van der Waals surface area contributed by atoms with E-state index in [-0.39, 0.29) is 13.0 Å². The Balaban J connectivity index is 2.67. The monoisotopic (exact) mass is 246 g/mol. The summed E-state index contributed by atoms with van der Waals surface area (Å²) in [7, 11) is 0. The maximum Gasteiger partial charge on any atom is 0.303 e. The van der Waals surface area contributed by atoms with Crippen LogP contribution in [-0.2, 0) is 19.0 Å². The van der Waals surface area contributed by atoms with Crippen molar-refractivity contribution in [3.8, 4) is 0 Å². The molecule has 1 fully saturated rings. The molecular formula is C11H18O6. The summed E-state index contributed by atoms with van der Waals surface area (Å²) in [6.45, 7) is 6.10. The smallest absolute Gasteiger partial charge is 0.303 e. The van der Waals surface area contributed by atoms with Crippen LogP contribution >= 0.6 is 0 Å². The van der Waals surface area contributed by atoms with Crippen molar-refractivity contribution in [2.24, 2.45) is 0 Å². The Hall–Kier alpha value is -1.11. The lowest BCUT2D eigenvalue weighted by atomic mass is 10.0. The Bertz CT molecular complexity index is 290. The van der Waals surface area contributed by atoms with Gasteiger partial charge >= 0.3 is 5.97 Å². The molecule has 6 nitrogen and oxygen atoms in total. The van der Waals surface area contributed by atoms with Crippen LogP contribution in [0.3, 0.4) is 0 Å². The Kier molecular flexibility index (Phi) is 4.92. The van der Waals surface area contributed by atoms with E-state index < -0.39 is 30.6 Å². The van der Waals surface area contributed by atoms with E-state index in [0.29, 0.717) is 5.76 Å². The molecule has 0 radical (unpaired) electrons. The van der Waals surface area contributed by atoms with Crippen LogP contribution in [-0.4, -0.2) is 47.4 Å². The average molecular weight is 246 g/mol. The van der Waals surface area contributed by atoms with Gasteiger partial charge in [0.15, 0.2) is 0 Å². The van der Waals surface area contributed by atoms with Crippen molar-refractivity contribution < 1.29 is 29.2 Å². The standard InChI is InChI=1S/C11H18O6/c1-6(2)15-10-4-8(16-7(3)13)11(14)9(5-12)17-10/h8-12,14H,1,4-5H2,2-3H3. The highest BCUT2D eigenvalue weighted by atomic mass is 16.7. The summed E-state index contributed by atoms with van der Waals surface area (Å²) in [5.41, 5.74) is 0. The van der Waals surface area contributed by atoms with Crippen LogP contribution in [0.25, 0.3) is 0 Å². The third kappa shape index (κ3) is 3.99. The lowest BCUT2D eigenvalue weighted by Crippen LogP contribution is -2.51. The molecule has 4 unspecified atom stereocenters. The number of carbonyl (C=O) groups is 1. The molecule has 4 atom stereocenters. The minimum atomic E-state index is -1.06. The Morgan fingerprint density at radius 3 is 2.59 bits per heavy atom. The highest BCUT2D eigenvalue weighted by molar-refractivity contribution is 5.66. The molecule has 1 saturated heterocycles. The molecule has 0 saturated carbocycles. The topological polar surface area (TPSA) is 85.2 Å². The van der Waals surface area contributed by atoms with Crippen LogP contribution < -0.4 is 0 Å². The molecular weight excluding hydrogens is 228 g/mol. The molecule has 1 heterocycles. The van der Waals surface area contributed by atoms with Gasteiger partial charge in [-0.1, -0.05) is 6.58 Å². The third-order valence-corrected chi connectivity index (χ3v) is 2.34. The van der Waals surface area contributed by atoms with Crippen LogP contribution in [0.1, 0.15) is 20.3 Å². The van der Waals surface area contributed by atoms with Crippen LogP contribution in [0, 0.1) is 0 Å². The van der Waals surface area contributed by atoms with Crippen LogP contribution in [0.2, 0.25) is 0 Å². The van der Waals surface area contributed by atoms with Crippen LogP contribution in [0.15, 0.2) is 12.3 Å². The Morgan fingerprint density at radius 2 is 2.12 bits per heavy atom. The largest absolute Gasteiger partial charge is 0.470 e. The number of hydrogen-bond acceptors (Lipinski definition) is 6. The van der Waals surface area contributed by atoms with Crippen molar-refractivity contribution in [2.75, 3.05) is 6.61 Å². The van der Waals surface area contributed by atoms with Gasteiger partial charge in [-0.25, -0.2) is 0 Å². The SMILES string of the molecule is C=C(C)OC1CC(OC(C)=O)C(O)C(CO)O1. The summed E-state index contributed by atoms with van der Waals surface area (Å²) >= 11 is 0. The summed E-state index contributed by atoms with van der Waals surface area (Å²) in [5.74, 6) is -0.0497. The molecule has 0 spiro atoms. The van der Waals surface area contributed by atoms with E-state index in [1.54, 1.807) is 6.92 Å². The maximum absolute atomic E-state index is 10.9. The maximum atomic E-state index is 10.9. The molecule has 1 aliphatic rings. The van der Waals surface area contributed by atoms with Crippen molar-refractivity contribution in [3.05, 3.63) is 12.3 Å². The molecule has 0 aromatic rings. The number of ether oxygens (including phenoxy) is 3. The minimum Gasteiger partial charge on any atom is -0.470 e. The summed E-state index contributed by atoms with van der Waals surface area (Å²) in [5, 5.41) is 18.9. The van der Waals surface area contributed by atoms with Gasteiger partial charge in [-0.2, -0.15) is 0 Å². The number of esters is 1. The number of rotatable bonds is 4. The first-order chi connectivity index (χ1) is 7.93. The number of allylic oxidation sites excluding steroid dienone is 1. The van der Waals surface area contributed by atoms with Gasteiger partial charge in [0, 0.05) is 13.3 Å². The van der Waals surface area contributed by atoms with Gasteiger partial charge in [0.25, 0.3) is 0 Å². The summed E-state index contributed by atoms with van der Waals surface area (Å²) in [4.78, 5) is 10.9. The first kappa shape index (κ1) is 14.0. The Morgan fingerprint density at radius 1 is 1.47 bits per heavy atom. The molecule has 1 aliphatic heterocycles. The van der Waals surface area contributed by atoms with E-state index in [4.69, 9.17) is 19.3 Å². The highest BCUT2D eigenvalue weighted by Crippen LogP contribution is 2.24. The molecule has 0 aromatic carbocycles. The first-order valence-corrected chi connectivity index (χ1v) is 5.37. The van der Waals surface area contributed by atoms with Crippen molar-refractivity contribution >= 4 is 5.97 Å². The zero-order valence-electron chi connectivity index (χ0n) is 9.96. The van der Waals surface area contributed by atoms with Crippen LogP contribution in [0.4, 0.5) is 0 Å². The molecule has 2 N–H and O–H groups in total. The third-order valence-electron chi connectivity index (χ3n) is 2.34. The van der Waals surface area contributed by atoms with E-state index in [1.807, 2.05) is 0 Å². The zero-order chi connectivity index (χ0) is 13.0. The predicted molar refractivity (Wildman–Crippen MR) is 57.8 cm³/mol. The van der Waals surface area contributed by atoms with Crippen LogP contribution in [0.5, 0.6) is 0 Å². The molecule has 0 aromatic heterocycles. The van der Waals surface area contributed by atoms with Gasteiger partial charge in [0.2, 0.25) is 6.29 Å². The molecule has 1 rings (SSSR count). The van der Waals surface area contributed by atoms with Gasteiger partial charge in [-0.05, 0) is 6.92 Å². The second-order valence-electron chi connectivity index (χ2n) is 3.98. The summed E-state index contributed by atoms with van der Waals surface area (Å²) < 4.78 is 15.5. The Labute approximate surface area is 99.8 Å². The summed E-state index contributed by atoms with van der Waals surface area (Å²) in [6, 6.07) is 0. The van der Waals surface area contributed by atoms with Gasteiger partial charge in [0.1, 0.15) is 18.3 Å². The highest BCUT2D eigenvalue weighted by Gasteiger charge is 2.40. The first-order valence-electron chi connectivity index (χ1n) is 5.37. The van der Waals surface area contributed by atoms with Crippen molar-refractivity contribution in [2.45, 2.75) is 44.9 Å². The molecule has 0 bridgehead atoms. The second kappa shape index (κ2) is 6.00. The van der Waals surface area contributed by atoms with Crippen molar-refractivity contribution in [3.63, 3.8) is 0 Å². The fraction of sp³-hybridized carbons (Fsp3) is 0.727. The number of hydrogen-bond donors (Lipinski definition) is 2. The predicted octanol–water partition coefficient (Wildman–Crippen LogP) is -0.0635. The normalized spacial score (nSPS) is 32.9. The molecule has 6 heteroatoms. The quantitative estimate of drug-likeness (QED) is 0.534. The van der Waals surface area contributed by atoms with Gasteiger partial charge < -0.3 is 24.4 Å². The van der Waals surface area contributed by atoms with E-state index in [9.17, 15) is 9.90 Å². The van der Waals surface area contributed by atoms with E-state index in [0.717, 1.165) is 0 Å². The summed E-state index contributed by atoms with van der Waals surface area (Å²) in [6.07, 6.45) is -3.13.